The molecular formula is C7H7N5O4. The van der Waals surface area contributed by atoms with Gasteiger partial charge in [-0.15, -0.1) is 0 Å². The SMILES string of the molecule is Nc1nc2nc(OCC(=O)O)[nH]c2c(=O)[nH]1. The first-order valence-corrected chi connectivity index (χ1v) is 4.16. The summed E-state index contributed by atoms with van der Waals surface area (Å²) in [6.45, 7) is -0.562. The summed E-state index contributed by atoms with van der Waals surface area (Å²) in [5, 5.41) is 8.38. The summed E-state index contributed by atoms with van der Waals surface area (Å²) >= 11 is 0. The number of fused-ring (bicyclic) bond motifs is 1. The Labute approximate surface area is 87.3 Å². The predicted octanol–water partition coefficient (Wildman–Crippen LogP) is -1.31. The monoisotopic (exact) mass is 225 g/mol. The van der Waals surface area contributed by atoms with Crippen molar-refractivity contribution >= 4 is 23.1 Å². The van der Waals surface area contributed by atoms with Gasteiger partial charge in [0.05, 0.1) is 0 Å². The number of nitrogens with two attached hydrogens (primary N) is 1. The molecule has 0 aliphatic rings. The van der Waals surface area contributed by atoms with Gasteiger partial charge in [-0.25, -0.2) is 4.79 Å². The number of hydrogen-bond donors (Lipinski definition) is 4. The van der Waals surface area contributed by atoms with Crippen LogP contribution in [-0.4, -0.2) is 37.6 Å². The summed E-state index contributed by atoms with van der Waals surface area (Å²) < 4.78 is 4.75. The highest BCUT2D eigenvalue weighted by Gasteiger charge is 2.10. The second kappa shape index (κ2) is 3.53. The number of carbonyl (C=O) groups is 1. The maximum Gasteiger partial charge on any atom is 0.341 e. The maximum atomic E-state index is 11.3. The molecule has 2 aromatic heterocycles. The van der Waals surface area contributed by atoms with E-state index in [-0.39, 0.29) is 23.1 Å². The molecule has 0 saturated carbocycles. The Kier molecular flexibility index (Phi) is 2.20. The number of imidazole rings is 1. The number of anilines is 1. The first-order chi connectivity index (χ1) is 7.56. The standard InChI is InChI=1S/C7H7N5O4/c8-6-10-4-3(5(15)12-6)9-7(11-4)16-1-2(13)14/h1H2,(H,13,14)(H4,8,9,10,11,12,15). The summed E-state index contributed by atoms with van der Waals surface area (Å²) in [5.74, 6) is -1.23. The molecule has 2 rings (SSSR count). The minimum absolute atomic E-state index is 0.0710. The van der Waals surface area contributed by atoms with Crippen LogP contribution >= 0.6 is 0 Å². The Morgan fingerprint density at radius 3 is 2.88 bits per heavy atom. The average Bonchev–Trinajstić information content (AvgIpc) is 2.57. The van der Waals surface area contributed by atoms with Gasteiger partial charge >= 0.3 is 5.97 Å². The maximum absolute atomic E-state index is 11.3. The molecule has 0 unspecified atom stereocenters. The van der Waals surface area contributed by atoms with Gasteiger partial charge in [-0.3, -0.25) is 9.78 Å². The molecule has 0 saturated heterocycles. The molecule has 0 radical (unpaired) electrons. The Morgan fingerprint density at radius 2 is 2.19 bits per heavy atom. The van der Waals surface area contributed by atoms with Crippen LogP contribution in [0.3, 0.4) is 0 Å². The number of ether oxygens (including phenoxy) is 1. The van der Waals surface area contributed by atoms with Crippen molar-refractivity contribution in [2.45, 2.75) is 0 Å². The highest BCUT2D eigenvalue weighted by Crippen LogP contribution is 2.10. The van der Waals surface area contributed by atoms with Crippen LogP contribution in [0.5, 0.6) is 6.01 Å². The molecule has 0 spiro atoms. The van der Waals surface area contributed by atoms with E-state index >= 15 is 0 Å². The smallest absolute Gasteiger partial charge is 0.341 e. The molecule has 0 fully saturated rings. The van der Waals surface area contributed by atoms with Crippen molar-refractivity contribution in [3.05, 3.63) is 10.4 Å². The molecule has 0 bridgehead atoms. The van der Waals surface area contributed by atoms with E-state index in [9.17, 15) is 9.59 Å². The number of hydrogen-bond acceptors (Lipinski definition) is 6. The zero-order chi connectivity index (χ0) is 11.7. The van der Waals surface area contributed by atoms with Crippen molar-refractivity contribution in [1.29, 1.82) is 0 Å². The first-order valence-electron chi connectivity index (χ1n) is 4.16. The normalized spacial score (nSPS) is 10.5. The van der Waals surface area contributed by atoms with Gasteiger partial charge < -0.3 is 20.6 Å². The van der Waals surface area contributed by atoms with Crippen LogP contribution in [0.4, 0.5) is 5.95 Å². The topological polar surface area (TPSA) is 147 Å². The third-order valence-electron chi connectivity index (χ3n) is 1.69. The Bertz CT molecular complexity index is 600. The number of aromatic nitrogens is 4. The number of nitrogens with zero attached hydrogens (tertiary/aromatic N) is 2. The molecule has 0 aliphatic carbocycles. The first kappa shape index (κ1) is 9.96. The fourth-order valence-electron chi connectivity index (χ4n) is 1.10. The van der Waals surface area contributed by atoms with Crippen molar-refractivity contribution in [3.63, 3.8) is 0 Å². The van der Waals surface area contributed by atoms with Gasteiger partial charge in [0.15, 0.2) is 17.8 Å². The second-order valence-corrected chi connectivity index (χ2v) is 2.87. The van der Waals surface area contributed by atoms with E-state index in [1.54, 1.807) is 0 Å². The van der Waals surface area contributed by atoms with E-state index in [2.05, 4.69) is 19.9 Å². The van der Waals surface area contributed by atoms with Crippen LogP contribution < -0.4 is 16.0 Å². The van der Waals surface area contributed by atoms with Crippen molar-refractivity contribution < 1.29 is 14.6 Å². The molecule has 0 amide bonds. The van der Waals surface area contributed by atoms with E-state index in [0.29, 0.717) is 0 Å². The van der Waals surface area contributed by atoms with E-state index in [4.69, 9.17) is 15.6 Å². The van der Waals surface area contributed by atoms with Crippen molar-refractivity contribution in [3.8, 4) is 6.01 Å². The third-order valence-corrected chi connectivity index (χ3v) is 1.69. The molecule has 2 heterocycles. The Balaban J connectivity index is 2.40. The van der Waals surface area contributed by atoms with Crippen LogP contribution in [0.25, 0.3) is 11.2 Å². The number of nitrogen functional groups attached to an aromatic ring is 1. The quantitative estimate of drug-likeness (QED) is 0.507. The van der Waals surface area contributed by atoms with Crippen LogP contribution in [0.15, 0.2) is 4.79 Å². The molecule has 9 nitrogen and oxygen atoms in total. The Hall–Kier alpha value is -2.58. The Morgan fingerprint density at radius 1 is 1.44 bits per heavy atom. The van der Waals surface area contributed by atoms with Gasteiger partial charge in [-0.05, 0) is 0 Å². The summed E-state index contributed by atoms with van der Waals surface area (Å²) in [5.41, 5.74) is 4.95. The fourth-order valence-corrected chi connectivity index (χ4v) is 1.10. The molecular weight excluding hydrogens is 218 g/mol. The number of H-pyrrole nitrogens is 2. The fraction of sp³-hybridized carbons (Fsp3) is 0.143. The van der Waals surface area contributed by atoms with Gasteiger partial charge in [0.2, 0.25) is 5.95 Å². The third kappa shape index (κ3) is 1.78. The molecule has 2 aromatic rings. The minimum Gasteiger partial charge on any atom is -0.479 e. The van der Waals surface area contributed by atoms with Gasteiger partial charge in [-0.2, -0.15) is 9.97 Å². The van der Waals surface area contributed by atoms with Crippen LogP contribution in [0, 0.1) is 0 Å². The van der Waals surface area contributed by atoms with Gasteiger partial charge in [0.25, 0.3) is 11.6 Å². The lowest BCUT2D eigenvalue weighted by Crippen LogP contribution is -2.11. The zero-order valence-corrected chi connectivity index (χ0v) is 7.85. The summed E-state index contributed by atoms with van der Waals surface area (Å²) in [7, 11) is 0. The molecule has 5 N–H and O–H groups in total. The van der Waals surface area contributed by atoms with Gasteiger partial charge in [0, 0.05) is 0 Å². The van der Waals surface area contributed by atoms with Crippen molar-refractivity contribution in [2.24, 2.45) is 0 Å². The molecule has 0 aromatic carbocycles. The highest BCUT2D eigenvalue weighted by molar-refractivity contribution is 5.71. The minimum atomic E-state index is -1.15. The molecule has 0 aliphatic heterocycles. The zero-order valence-electron chi connectivity index (χ0n) is 7.85. The van der Waals surface area contributed by atoms with Crippen molar-refractivity contribution in [1.82, 2.24) is 19.9 Å². The van der Waals surface area contributed by atoms with E-state index in [1.807, 2.05) is 0 Å². The number of rotatable bonds is 3. The second-order valence-electron chi connectivity index (χ2n) is 2.87. The lowest BCUT2D eigenvalue weighted by molar-refractivity contribution is -0.139. The summed E-state index contributed by atoms with van der Waals surface area (Å²) in [6, 6.07) is -0.0963. The summed E-state index contributed by atoms with van der Waals surface area (Å²) in [6.07, 6.45) is 0. The number of aromatic amines is 2. The van der Waals surface area contributed by atoms with Gasteiger partial charge in [-0.1, -0.05) is 0 Å². The lowest BCUT2D eigenvalue weighted by Gasteiger charge is -1.94. The van der Waals surface area contributed by atoms with Gasteiger partial charge in [0.1, 0.15) is 0 Å². The largest absolute Gasteiger partial charge is 0.479 e. The van der Waals surface area contributed by atoms with E-state index in [0.717, 1.165) is 0 Å². The molecule has 0 atom stereocenters. The molecule has 16 heavy (non-hydrogen) atoms. The van der Waals surface area contributed by atoms with Crippen molar-refractivity contribution in [2.75, 3.05) is 12.3 Å². The number of carboxylic acids is 1. The van der Waals surface area contributed by atoms with Crippen LogP contribution in [0.1, 0.15) is 0 Å². The van der Waals surface area contributed by atoms with Crippen LogP contribution in [0.2, 0.25) is 0 Å². The number of nitrogens with one attached hydrogen (secondary N) is 2. The molecule has 84 valence electrons. The predicted molar refractivity (Wildman–Crippen MR) is 52.1 cm³/mol. The highest BCUT2D eigenvalue weighted by atomic mass is 16.5. The lowest BCUT2D eigenvalue weighted by atomic mass is 10.5. The summed E-state index contributed by atoms with van der Waals surface area (Å²) in [4.78, 5) is 33.8. The molecule has 9 heteroatoms. The van der Waals surface area contributed by atoms with E-state index < -0.39 is 18.1 Å². The average molecular weight is 225 g/mol. The van der Waals surface area contributed by atoms with E-state index in [1.165, 1.54) is 0 Å². The van der Waals surface area contributed by atoms with Crippen LogP contribution in [-0.2, 0) is 4.79 Å². The number of carboxylic acid groups (broad SMARTS) is 1. The number of aliphatic carboxylic acids is 1.